The van der Waals surface area contributed by atoms with Gasteiger partial charge in [-0.1, -0.05) is 69.6 Å². The van der Waals surface area contributed by atoms with Gasteiger partial charge in [-0.25, -0.2) is 4.98 Å². The second-order valence-corrected chi connectivity index (χ2v) is 8.80. The fraction of sp³-hybridized carbons (Fsp3) is 0.458. The average Bonchev–Trinajstić information content (AvgIpc) is 2.72. The van der Waals surface area contributed by atoms with E-state index in [4.69, 9.17) is 11.6 Å². The lowest BCUT2D eigenvalue weighted by atomic mass is 9.93. The first-order valence-corrected chi connectivity index (χ1v) is 11.0. The lowest BCUT2D eigenvalue weighted by Crippen LogP contribution is -2.45. The quantitative estimate of drug-likeness (QED) is 0.454. The molecule has 0 fully saturated rings. The largest absolute Gasteiger partial charge is 0.395 e. The first kappa shape index (κ1) is 24.8. The summed E-state index contributed by atoms with van der Waals surface area (Å²) in [6, 6.07) is 11.3. The van der Waals surface area contributed by atoms with Crippen molar-refractivity contribution < 1.29 is 14.7 Å². The Bertz CT molecular complexity index is 869. The normalized spacial score (nSPS) is 12.1. The van der Waals surface area contributed by atoms with Crippen LogP contribution >= 0.6 is 11.6 Å². The predicted octanol–water partition coefficient (Wildman–Crippen LogP) is 3.77. The van der Waals surface area contributed by atoms with E-state index in [1.807, 2.05) is 26.0 Å². The number of pyridine rings is 1. The summed E-state index contributed by atoms with van der Waals surface area (Å²) in [4.78, 5) is 30.9. The van der Waals surface area contributed by atoms with Gasteiger partial charge in [0.2, 0.25) is 0 Å². The van der Waals surface area contributed by atoms with Crippen LogP contribution in [0.4, 0.5) is 0 Å². The van der Waals surface area contributed by atoms with Crippen molar-refractivity contribution in [2.45, 2.75) is 46.7 Å². The minimum atomic E-state index is -0.712. The van der Waals surface area contributed by atoms with Gasteiger partial charge in [0.25, 0.3) is 0 Å². The van der Waals surface area contributed by atoms with Gasteiger partial charge in [-0.05, 0) is 35.4 Å². The number of nitrogens with zero attached hydrogens (tertiary/aromatic N) is 2. The van der Waals surface area contributed by atoms with E-state index in [1.54, 1.807) is 18.3 Å². The summed E-state index contributed by atoms with van der Waals surface area (Å²) in [5.41, 5.74) is 2.80. The minimum Gasteiger partial charge on any atom is -0.395 e. The number of amides is 2. The smallest absolute Gasteiger partial charge is 0.312 e. The standard InChI is InChI=1S/C24H32ClN3O3/c1-16(2)14-18-7-9-19(10-8-18)21(17(3)4)27-23(30)24(31)28(12-13-29)15-20-6-5-11-26-22(20)25/h5-11,16-17,21,29H,12-15H2,1-4H3,(H,27,30). The first-order valence-electron chi connectivity index (χ1n) is 10.6. The van der Waals surface area contributed by atoms with Crippen molar-refractivity contribution >= 4 is 23.4 Å². The summed E-state index contributed by atoms with van der Waals surface area (Å²) >= 11 is 6.09. The predicted molar refractivity (Wildman–Crippen MR) is 122 cm³/mol. The highest BCUT2D eigenvalue weighted by molar-refractivity contribution is 6.35. The van der Waals surface area contributed by atoms with Crippen LogP contribution in [0.3, 0.4) is 0 Å². The molecule has 6 nitrogen and oxygen atoms in total. The van der Waals surface area contributed by atoms with Gasteiger partial charge in [0.15, 0.2) is 0 Å². The van der Waals surface area contributed by atoms with Gasteiger partial charge >= 0.3 is 11.8 Å². The van der Waals surface area contributed by atoms with Gasteiger partial charge in [-0.2, -0.15) is 0 Å². The summed E-state index contributed by atoms with van der Waals surface area (Å²) in [7, 11) is 0. The van der Waals surface area contributed by atoms with Crippen LogP contribution in [-0.4, -0.2) is 40.0 Å². The molecule has 2 N–H and O–H groups in total. The molecule has 2 rings (SSSR count). The molecule has 1 aromatic heterocycles. The average molecular weight is 446 g/mol. The van der Waals surface area contributed by atoms with Gasteiger partial charge in [0, 0.05) is 24.8 Å². The lowest BCUT2D eigenvalue weighted by Gasteiger charge is -2.26. The van der Waals surface area contributed by atoms with Gasteiger partial charge in [-0.15, -0.1) is 0 Å². The van der Waals surface area contributed by atoms with Crippen LogP contribution in [0.1, 0.15) is 50.4 Å². The summed E-state index contributed by atoms with van der Waals surface area (Å²) in [5.74, 6) is -0.767. The van der Waals surface area contributed by atoms with E-state index in [-0.39, 0.29) is 36.8 Å². The first-order chi connectivity index (χ1) is 14.7. The van der Waals surface area contributed by atoms with E-state index >= 15 is 0 Å². The Labute approximate surface area is 189 Å². The number of carbonyl (C=O) groups excluding carboxylic acids is 2. The summed E-state index contributed by atoms with van der Waals surface area (Å²) in [6.07, 6.45) is 2.54. The fourth-order valence-corrected chi connectivity index (χ4v) is 3.61. The Balaban J connectivity index is 2.14. The van der Waals surface area contributed by atoms with E-state index in [0.717, 1.165) is 12.0 Å². The number of benzene rings is 1. The number of hydrogen-bond donors (Lipinski definition) is 2. The van der Waals surface area contributed by atoms with Crippen LogP contribution in [0.25, 0.3) is 0 Å². The van der Waals surface area contributed by atoms with E-state index in [2.05, 4.69) is 36.3 Å². The van der Waals surface area contributed by atoms with Crippen molar-refractivity contribution in [2.75, 3.05) is 13.2 Å². The molecule has 2 amide bonds. The maximum atomic E-state index is 12.9. The molecular weight excluding hydrogens is 414 g/mol. The van der Waals surface area contributed by atoms with Crippen LogP contribution in [0.2, 0.25) is 5.15 Å². The van der Waals surface area contributed by atoms with Crippen LogP contribution in [0, 0.1) is 11.8 Å². The molecule has 0 aliphatic rings. The molecule has 0 aliphatic carbocycles. The third kappa shape index (κ3) is 7.33. The second kappa shape index (κ2) is 11.8. The van der Waals surface area contributed by atoms with Crippen LogP contribution in [-0.2, 0) is 22.6 Å². The Morgan fingerprint density at radius 3 is 2.35 bits per heavy atom. The van der Waals surface area contributed by atoms with Crippen molar-refractivity contribution in [2.24, 2.45) is 11.8 Å². The van der Waals surface area contributed by atoms with Crippen LogP contribution in [0.5, 0.6) is 0 Å². The van der Waals surface area contributed by atoms with Gasteiger partial charge in [0.1, 0.15) is 5.15 Å². The number of hydrogen-bond acceptors (Lipinski definition) is 4. The molecule has 1 aromatic carbocycles. The molecule has 31 heavy (non-hydrogen) atoms. The number of carbonyl (C=O) groups is 2. The SMILES string of the molecule is CC(C)Cc1ccc(C(NC(=O)C(=O)N(CCO)Cc2cccnc2Cl)C(C)C)cc1. The third-order valence-corrected chi connectivity index (χ3v) is 5.33. The zero-order valence-electron chi connectivity index (χ0n) is 18.6. The monoisotopic (exact) mass is 445 g/mol. The highest BCUT2D eigenvalue weighted by atomic mass is 35.5. The molecule has 7 heteroatoms. The molecule has 0 radical (unpaired) electrons. The Hall–Kier alpha value is -2.44. The molecule has 0 saturated heterocycles. The maximum Gasteiger partial charge on any atom is 0.312 e. The van der Waals surface area contributed by atoms with E-state index < -0.39 is 11.8 Å². The molecule has 168 valence electrons. The maximum absolute atomic E-state index is 12.9. The van der Waals surface area contributed by atoms with Crippen molar-refractivity contribution in [3.63, 3.8) is 0 Å². The topological polar surface area (TPSA) is 82.5 Å². The highest BCUT2D eigenvalue weighted by Crippen LogP contribution is 2.23. The molecule has 0 aliphatic heterocycles. The third-order valence-electron chi connectivity index (χ3n) is 4.98. The fourth-order valence-electron chi connectivity index (χ4n) is 3.43. The Kier molecular flexibility index (Phi) is 9.46. The number of rotatable bonds is 9. The molecule has 1 heterocycles. The number of aliphatic hydroxyl groups is 1. The Morgan fingerprint density at radius 1 is 1.13 bits per heavy atom. The van der Waals surface area contributed by atoms with E-state index in [0.29, 0.717) is 11.5 Å². The summed E-state index contributed by atoms with van der Waals surface area (Å²) in [5, 5.41) is 12.5. The van der Waals surface area contributed by atoms with E-state index in [9.17, 15) is 14.7 Å². The molecule has 0 spiro atoms. The van der Waals surface area contributed by atoms with Gasteiger partial charge in [-0.3, -0.25) is 9.59 Å². The molecule has 2 aromatic rings. The lowest BCUT2D eigenvalue weighted by molar-refractivity contribution is -0.147. The minimum absolute atomic E-state index is 0.0215. The van der Waals surface area contributed by atoms with Gasteiger partial charge in [0.05, 0.1) is 12.6 Å². The van der Waals surface area contributed by atoms with Crippen molar-refractivity contribution in [1.29, 1.82) is 0 Å². The molecule has 0 saturated carbocycles. The number of nitrogens with one attached hydrogen (secondary N) is 1. The number of halogens is 1. The molecule has 1 atom stereocenters. The number of aliphatic hydroxyl groups excluding tert-OH is 1. The van der Waals surface area contributed by atoms with Gasteiger partial charge < -0.3 is 15.3 Å². The van der Waals surface area contributed by atoms with Crippen molar-refractivity contribution in [3.05, 3.63) is 64.4 Å². The van der Waals surface area contributed by atoms with Crippen LogP contribution in [0.15, 0.2) is 42.6 Å². The summed E-state index contributed by atoms with van der Waals surface area (Å²) in [6.45, 7) is 8.20. The molecule has 0 bridgehead atoms. The highest BCUT2D eigenvalue weighted by Gasteiger charge is 2.27. The molecule has 1 unspecified atom stereocenters. The molecular formula is C24H32ClN3O3. The van der Waals surface area contributed by atoms with Crippen molar-refractivity contribution in [1.82, 2.24) is 15.2 Å². The van der Waals surface area contributed by atoms with Crippen LogP contribution < -0.4 is 5.32 Å². The zero-order valence-corrected chi connectivity index (χ0v) is 19.4. The van der Waals surface area contributed by atoms with E-state index in [1.165, 1.54) is 10.5 Å². The number of aromatic nitrogens is 1. The zero-order chi connectivity index (χ0) is 23.0. The second-order valence-electron chi connectivity index (χ2n) is 8.44. The van der Waals surface area contributed by atoms with Crippen molar-refractivity contribution in [3.8, 4) is 0 Å². The summed E-state index contributed by atoms with van der Waals surface area (Å²) < 4.78 is 0. The Morgan fingerprint density at radius 2 is 1.81 bits per heavy atom.